The summed E-state index contributed by atoms with van der Waals surface area (Å²) in [5.74, 6) is 0.671. The summed E-state index contributed by atoms with van der Waals surface area (Å²) >= 11 is 0. The van der Waals surface area contributed by atoms with E-state index in [0.29, 0.717) is 18.0 Å². The van der Waals surface area contributed by atoms with Gasteiger partial charge in [0, 0.05) is 12.8 Å². The van der Waals surface area contributed by atoms with Crippen molar-refractivity contribution in [3.63, 3.8) is 0 Å². The predicted molar refractivity (Wildman–Crippen MR) is 82.7 cm³/mol. The van der Waals surface area contributed by atoms with Crippen molar-refractivity contribution in [1.29, 1.82) is 0 Å². The van der Waals surface area contributed by atoms with Crippen molar-refractivity contribution in [3.05, 3.63) is 48.0 Å². The number of methoxy groups -OCH3 is 2. The highest BCUT2D eigenvalue weighted by atomic mass is 16.5. The van der Waals surface area contributed by atoms with Crippen LogP contribution in [0.2, 0.25) is 0 Å². The molecule has 2 aromatic carbocycles. The van der Waals surface area contributed by atoms with Gasteiger partial charge < -0.3 is 20.5 Å². The minimum absolute atomic E-state index is 0.608. The summed E-state index contributed by atoms with van der Waals surface area (Å²) in [7, 11) is 3.32. The van der Waals surface area contributed by atoms with E-state index in [1.54, 1.807) is 14.2 Å². The van der Waals surface area contributed by atoms with E-state index in [2.05, 4.69) is 11.4 Å². The molecule has 2 aromatic rings. The van der Waals surface area contributed by atoms with Gasteiger partial charge in [-0.1, -0.05) is 24.3 Å². The number of hydrogen-bond donors (Lipinski definition) is 2. The topological polar surface area (TPSA) is 56.5 Å². The monoisotopic (exact) mass is 272 g/mol. The van der Waals surface area contributed by atoms with Gasteiger partial charge in [0.2, 0.25) is 0 Å². The Morgan fingerprint density at radius 1 is 1.00 bits per heavy atom. The van der Waals surface area contributed by atoms with Crippen LogP contribution in [-0.2, 0) is 11.2 Å². The van der Waals surface area contributed by atoms with Crippen molar-refractivity contribution in [2.24, 2.45) is 0 Å². The zero-order chi connectivity index (χ0) is 14.4. The first-order valence-corrected chi connectivity index (χ1v) is 6.52. The molecule has 4 heteroatoms. The molecule has 0 aliphatic carbocycles. The number of rotatable bonds is 6. The van der Waals surface area contributed by atoms with E-state index in [9.17, 15) is 0 Å². The Kier molecular flexibility index (Phi) is 4.85. The van der Waals surface area contributed by atoms with Crippen LogP contribution < -0.4 is 15.8 Å². The van der Waals surface area contributed by atoms with Gasteiger partial charge in [-0.05, 0) is 30.2 Å². The molecular weight excluding hydrogens is 252 g/mol. The number of para-hydroxylation sites is 2. The van der Waals surface area contributed by atoms with E-state index in [-0.39, 0.29) is 0 Å². The SMILES string of the molecule is COCCc1ccccc1Nc1cccc(OC)c1N. The Morgan fingerprint density at radius 3 is 2.50 bits per heavy atom. The smallest absolute Gasteiger partial charge is 0.143 e. The van der Waals surface area contributed by atoms with Crippen molar-refractivity contribution >= 4 is 17.1 Å². The number of nitrogen functional groups attached to an aromatic ring is 1. The molecule has 0 atom stereocenters. The summed E-state index contributed by atoms with van der Waals surface area (Å²) in [5.41, 5.74) is 9.75. The van der Waals surface area contributed by atoms with Crippen molar-refractivity contribution in [2.75, 3.05) is 31.9 Å². The average molecular weight is 272 g/mol. The van der Waals surface area contributed by atoms with Crippen LogP contribution in [0, 0.1) is 0 Å². The highest BCUT2D eigenvalue weighted by Gasteiger charge is 2.07. The fraction of sp³-hybridized carbons (Fsp3) is 0.250. The lowest BCUT2D eigenvalue weighted by Crippen LogP contribution is -2.02. The van der Waals surface area contributed by atoms with Gasteiger partial charge in [0.05, 0.1) is 25.1 Å². The zero-order valence-electron chi connectivity index (χ0n) is 11.8. The van der Waals surface area contributed by atoms with Crippen molar-refractivity contribution in [3.8, 4) is 5.75 Å². The molecule has 0 aliphatic rings. The first kappa shape index (κ1) is 14.2. The summed E-state index contributed by atoms with van der Waals surface area (Å²) in [6, 6.07) is 13.8. The fourth-order valence-corrected chi connectivity index (χ4v) is 2.05. The van der Waals surface area contributed by atoms with Crippen LogP contribution in [-0.4, -0.2) is 20.8 Å². The molecule has 0 fully saturated rings. The molecule has 0 amide bonds. The first-order valence-electron chi connectivity index (χ1n) is 6.52. The van der Waals surface area contributed by atoms with Crippen LogP contribution in [0.4, 0.5) is 17.1 Å². The Hall–Kier alpha value is -2.20. The maximum absolute atomic E-state index is 6.08. The minimum atomic E-state index is 0.608. The molecule has 20 heavy (non-hydrogen) atoms. The third kappa shape index (κ3) is 3.22. The number of nitrogens with one attached hydrogen (secondary N) is 1. The van der Waals surface area contributed by atoms with Crippen LogP contribution in [0.15, 0.2) is 42.5 Å². The van der Waals surface area contributed by atoms with E-state index in [1.165, 1.54) is 5.56 Å². The number of hydrogen-bond acceptors (Lipinski definition) is 4. The first-order chi connectivity index (χ1) is 9.76. The number of benzene rings is 2. The Labute approximate surface area is 119 Å². The highest BCUT2D eigenvalue weighted by Crippen LogP contribution is 2.32. The molecule has 0 saturated heterocycles. The van der Waals surface area contributed by atoms with E-state index in [0.717, 1.165) is 17.8 Å². The van der Waals surface area contributed by atoms with Gasteiger partial charge in [0.25, 0.3) is 0 Å². The number of ether oxygens (including phenoxy) is 2. The molecule has 2 rings (SSSR count). The molecule has 0 spiro atoms. The molecular formula is C16H20N2O2. The molecule has 0 heterocycles. The summed E-state index contributed by atoms with van der Waals surface area (Å²) in [6.45, 7) is 0.687. The molecule has 0 aromatic heterocycles. The normalized spacial score (nSPS) is 10.3. The number of nitrogens with two attached hydrogens (primary N) is 1. The molecule has 0 aliphatic heterocycles. The van der Waals surface area contributed by atoms with Crippen LogP contribution in [0.3, 0.4) is 0 Å². The zero-order valence-corrected chi connectivity index (χ0v) is 11.8. The van der Waals surface area contributed by atoms with E-state index >= 15 is 0 Å². The third-order valence-corrected chi connectivity index (χ3v) is 3.15. The largest absolute Gasteiger partial charge is 0.495 e. The Bertz CT molecular complexity index is 570. The Balaban J connectivity index is 2.26. The van der Waals surface area contributed by atoms with E-state index in [1.807, 2.05) is 36.4 Å². The lowest BCUT2D eigenvalue weighted by atomic mass is 10.1. The van der Waals surface area contributed by atoms with Crippen LogP contribution in [0.5, 0.6) is 5.75 Å². The van der Waals surface area contributed by atoms with Crippen LogP contribution in [0.1, 0.15) is 5.56 Å². The average Bonchev–Trinajstić information content (AvgIpc) is 2.48. The van der Waals surface area contributed by atoms with Crippen molar-refractivity contribution in [1.82, 2.24) is 0 Å². The molecule has 0 saturated carbocycles. The summed E-state index contributed by atoms with van der Waals surface area (Å²) in [5, 5.41) is 3.36. The van der Waals surface area contributed by atoms with Crippen LogP contribution in [0.25, 0.3) is 0 Å². The maximum atomic E-state index is 6.08. The van der Waals surface area contributed by atoms with Gasteiger partial charge in [-0.3, -0.25) is 0 Å². The van der Waals surface area contributed by atoms with Gasteiger partial charge in [-0.25, -0.2) is 0 Å². The fourth-order valence-electron chi connectivity index (χ4n) is 2.05. The van der Waals surface area contributed by atoms with Crippen molar-refractivity contribution in [2.45, 2.75) is 6.42 Å². The quantitative estimate of drug-likeness (QED) is 0.793. The second-order valence-corrected chi connectivity index (χ2v) is 4.45. The molecule has 0 bridgehead atoms. The van der Waals surface area contributed by atoms with Gasteiger partial charge in [0.1, 0.15) is 5.75 Å². The number of anilines is 3. The summed E-state index contributed by atoms with van der Waals surface area (Å²) in [6.07, 6.45) is 0.851. The molecule has 106 valence electrons. The molecule has 0 unspecified atom stereocenters. The van der Waals surface area contributed by atoms with Crippen molar-refractivity contribution < 1.29 is 9.47 Å². The standard InChI is InChI=1S/C16H20N2O2/c1-19-11-10-12-6-3-4-7-13(12)18-14-8-5-9-15(20-2)16(14)17/h3-9,18H,10-11,17H2,1-2H3. The maximum Gasteiger partial charge on any atom is 0.143 e. The van der Waals surface area contributed by atoms with E-state index in [4.69, 9.17) is 15.2 Å². The Morgan fingerprint density at radius 2 is 1.75 bits per heavy atom. The van der Waals surface area contributed by atoms with E-state index < -0.39 is 0 Å². The summed E-state index contributed by atoms with van der Waals surface area (Å²) in [4.78, 5) is 0. The second kappa shape index (κ2) is 6.82. The van der Waals surface area contributed by atoms with Gasteiger partial charge in [-0.2, -0.15) is 0 Å². The van der Waals surface area contributed by atoms with Gasteiger partial charge in [0.15, 0.2) is 0 Å². The lowest BCUT2D eigenvalue weighted by Gasteiger charge is -2.15. The lowest BCUT2D eigenvalue weighted by molar-refractivity contribution is 0.202. The molecule has 0 radical (unpaired) electrons. The summed E-state index contributed by atoms with van der Waals surface area (Å²) < 4.78 is 10.4. The molecule has 3 N–H and O–H groups in total. The van der Waals surface area contributed by atoms with Gasteiger partial charge in [-0.15, -0.1) is 0 Å². The highest BCUT2D eigenvalue weighted by molar-refractivity contribution is 5.78. The molecule has 4 nitrogen and oxygen atoms in total. The van der Waals surface area contributed by atoms with Gasteiger partial charge >= 0.3 is 0 Å². The predicted octanol–water partition coefficient (Wildman–Crippen LogP) is 3.21. The second-order valence-electron chi connectivity index (χ2n) is 4.45. The minimum Gasteiger partial charge on any atom is -0.495 e. The third-order valence-electron chi connectivity index (χ3n) is 3.15. The van der Waals surface area contributed by atoms with Crippen LogP contribution >= 0.6 is 0 Å².